The zero-order valence-electron chi connectivity index (χ0n) is 13.9. The van der Waals surface area contributed by atoms with Crippen molar-refractivity contribution in [2.24, 2.45) is 5.92 Å². The number of hydrogen-bond donors (Lipinski definition) is 0. The van der Waals surface area contributed by atoms with Crippen LogP contribution in [0, 0.1) is 15.3 Å². The van der Waals surface area contributed by atoms with Crippen LogP contribution in [0.3, 0.4) is 0 Å². The van der Waals surface area contributed by atoms with Crippen molar-refractivity contribution in [3.63, 3.8) is 0 Å². The van der Waals surface area contributed by atoms with Crippen LogP contribution in [0.5, 0.6) is 0 Å². The van der Waals surface area contributed by atoms with Crippen LogP contribution in [0.1, 0.15) is 30.6 Å². The first kappa shape index (κ1) is 19.0. The highest BCUT2D eigenvalue weighted by Gasteiger charge is 2.25. The van der Waals surface area contributed by atoms with Gasteiger partial charge >= 0.3 is 6.09 Å². The molecule has 2 amide bonds. The molecule has 0 atom stereocenters. The van der Waals surface area contributed by atoms with Crippen molar-refractivity contribution in [3.05, 3.63) is 33.1 Å². The molecule has 0 bridgehead atoms. The Morgan fingerprint density at radius 2 is 1.88 bits per heavy atom. The molecule has 0 saturated carbocycles. The summed E-state index contributed by atoms with van der Waals surface area (Å²) in [5.74, 6) is -0.335. The van der Waals surface area contributed by atoms with Gasteiger partial charge in [0.1, 0.15) is 5.82 Å². The highest BCUT2D eigenvalue weighted by Crippen LogP contribution is 2.17. The summed E-state index contributed by atoms with van der Waals surface area (Å²) in [4.78, 5) is 28.0. The standard InChI is InChI=1S/C17H22FIN2O3/c1-12(2)11-24-17(23)21-7-3-6-20(8-9-21)16(22)14-10-13(18)4-5-15(14)19/h4-5,10,12H,3,6-9,11H2,1-2H3. The van der Waals surface area contributed by atoms with E-state index in [9.17, 15) is 14.0 Å². The van der Waals surface area contributed by atoms with Gasteiger partial charge in [0.05, 0.1) is 12.2 Å². The molecule has 0 unspecified atom stereocenters. The Balaban J connectivity index is 1.98. The minimum absolute atomic E-state index is 0.198. The van der Waals surface area contributed by atoms with Crippen molar-refractivity contribution in [2.45, 2.75) is 20.3 Å². The van der Waals surface area contributed by atoms with Gasteiger partial charge in [-0.15, -0.1) is 0 Å². The average molecular weight is 448 g/mol. The van der Waals surface area contributed by atoms with Crippen molar-refractivity contribution in [2.75, 3.05) is 32.8 Å². The van der Waals surface area contributed by atoms with Gasteiger partial charge in [0.2, 0.25) is 0 Å². The molecule has 7 heteroatoms. The predicted octanol–water partition coefficient (Wildman–Crippen LogP) is 3.37. The Kier molecular flexibility index (Phi) is 6.82. The molecule has 24 heavy (non-hydrogen) atoms. The first-order valence-corrected chi connectivity index (χ1v) is 9.12. The van der Waals surface area contributed by atoms with Crippen molar-refractivity contribution in [3.8, 4) is 0 Å². The van der Waals surface area contributed by atoms with Crippen LogP contribution in [0.4, 0.5) is 9.18 Å². The summed E-state index contributed by atoms with van der Waals surface area (Å²) in [6.07, 6.45) is 0.340. The summed E-state index contributed by atoms with van der Waals surface area (Å²) in [7, 11) is 0. The molecule has 2 rings (SSSR count). The van der Waals surface area contributed by atoms with E-state index in [0.29, 0.717) is 44.8 Å². The van der Waals surface area contributed by atoms with Gasteiger partial charge in [0.25, 0.3) is 5.91 Å². The highest BCUT2D eigenvalue weighted by atomic mass is 127. The number of hydrogen-bond acceptors (Lipinski definition) is 3. The van der Waals surface area contributed by atoms with E-state index in [2.05, 4.69) is 0 Å². The van der Waals surface area contributed by atoms with Crippen LogP contribution < -0.4 is 0 Å². The fourth-order valence-electron chi connectivity index (χ4n) is 2.46. The summed E-state index contributed by atoms with van der Waals surface area (Å²) in [6.45, 7) is 6.30. The minimum Gasteiger partial charge on any atom is -0.449 e. The van der Waals surface area contributed by atoms with Crippen LogP contribution in [0.15, 0.2) is 18.2 Å². The molecule has 0 spiro atoms. The molecule has 1 fully saturated rings. The Hall–Kier alpha value is -1.38. The van der Waals surface area contributed by atoms with E-state index >= 15 is 0 Å². The average Bonchev–Trinajstić information content (AvgIpc) is 2.80. The Bertz CT molecular complexity index is 609. The molecule has 1 aliphatic rings. The second-order valence-electron chi connectivity index (χ2n) is 6.23. The van der Waals surface area contributed by atoms with E-state index in [1.54, 1.807) is 15.9 Å². The van der Waals surface area contributed by atoms with Crippen molar-refractivity contribution >= 4 is 34.6 Å². The third kappa shape index (κ3) is 5.06. The number of halogens is 2. The summed E-state index contributed by atoms with van der Waals surface area (Å²) < 4.78 is 19.4. The van der Waals surface area contributed by atoms with Gasteiger partial charge in [-0.3, -0.25) is 4.79 Å². The zero-order chi connectivity index (χ0) is 17.7. The largest absolute Gasteiger partial charge is 0.449 e. The molecular formula is C17H22FIN2O3. The monoisotopic (exact) mass is 448 g/mol. The predicted molar refractivity (Wildman–Crippen MR) is 97.4 cm³/mol. The van der Waals surface area contributed by atoms with Gasteiger partial charge in [-0.1, -0.05) is 13.8 Å². The summed E-state index contributed by atoms with van der Waals surface area (Å²) in [5, 5.41) is 0. The quantitative estimate of drug-likeness (QED) is 0.667. The molecule has 0 radical (unpaired) electrons. The SMILES string of the molecule is CC(C)COC(=O)N1CCCN(C(=O)c2cc(F)ccc2I)CC1. The lowest BCUT2D eigenvalue weighted by molar-refractivity contribution is 0.0745. The second kappa shape index (κ2) is 8.64. The highest BCUT2D eigenvalue weighted by molar-refractivity contribution is 14.1. The van der Waals surface area contributed by atoms with Gasteiger partial charge in [-0.25, -0.2) is 9.18 Å². The third-order valence-corrected chi connectivity index (χ3v) is 4.68. The molecule has 1 aromatic rings. The van der Waals surface area contributed by atoms with Gasteiger partial charge in [0.15, 0.2) is 0 Å². The normalized spacial score (nSPS) is 15.4. The number of nitrogens with zero attached hydrogens (tertiary/aromatic N) is 2. The molecule has 0 aliphatic carbocycles. The van der Waals surface area contributed by atoms with Crippen molar-refractivity contribution in [1.82, 2.24) is 9.80 Å². The van der Waals surface area contributed by atoms with Crippen LogP contribution in [-0.2, 0) is 4.74 Å². The fourth-order valence-corrected chi connectivity index (χ4v) is 3.03. The number of amides is 2. The first-order valence-electron chi connectivity index (χ1n) is 8.04. The lowest BCUT2D eigenvalue weighted by Crippen LogP contribution is -2.38. The summed E-state index contributed by atoms with van der Waals surface area (Å²) in [6, 6.07) is 4.20. The number of rotatable bonds is 3. The van der Waals surface area contributed by atoms with Gasteiger partial charge < -0.3 is 14.5 Å². The summed E-state index contributed by atoms with van der Waals surface area (Å²) >= 11 is 2.03. The van der Waals surface area contributed by atoms with Crippen LogP contribution in [-0.4, -0.2) is 54.6 Å². The number of carbonyl (C=O) groups excluding carboxylic acids is 2. The third-order valence-electron chi connectivity index (χ3n) is 3.74. The van der Waals surface area contributed by atoms with Crippen molar-refractivity contribution in [1.29, 1.82) is 0 Å². The fraction of sp³-hybridized carbons (Fsp3) is 0.529. The van der Waals surface area contributed by atoms with Gasteiger partial charge in [-0.2, -0.15) is 0 Å². The Labute approximate surface area is 155 Å². The second-order valence-corrected chi connectivity index (χ2v) is 7.39. The van der Waals surface area contributed by atoms with Crippen LogP contribution >= 0.6 is 22.6 Å². The molecular weight excluding hydrogens is 426 g/mol. The van der Waals surface area contributed by atoms with Crippen molar-refractivity contribution < 1.29 is 18.7 Å². The van der Waals surface area contributed by atoms with E-state index in [0.717, 1.165) is 3.57 Å². The van der Waals surface area contributed by atoms with Gasteiger partial charge in [-0.05, 0) is 53.1 Å². The maximum atomic E-state index is 13.4. The molecule has 1 aromatic carbocycles. The van der Waals surface area contributed by atoms with E-state index in [1.165, 1.54) is 12.1 Å². The van der Waals surface area contributed by atoms with E-state index in [1.807, 2.05) is 36.4 Å². The van der Waals surface area contributed by atoms with E-state index < -0.39 is 5.82 Å². The number of benzene rings is 1. The maximum absolute atomic E-state index is 13.4. The molecule has 1 saturated heterocycles. The number of carbonyl (C=O) groups is 2. The molecule has 5 nitrogen and oxygen atoms in total. The van der Waals surface area contributed by atoms with E-state index in [-0.39, 0.29) is 17.9 Å². The lowest BCUT2D eigenvalue weighted by atomic mass is 10.2. The molecule has 0 aromatic heterocycles. The van der Waals surface area contributed by atoms with Crippen LogP contribution in [0.25, 0.3) is 0 Å². The molecule has 1 aliphatic heterocycles. The van der Waals surface area contributed by atoms with Crippen LogP contribution in [0.2, 0.25) is 0 Å². The Morgan fingerprint density at radius 3 is 2.58 bits per heavy atom. The Morgan fingerprint density at radius 1 is 1.21 bits per heavy atom. The zero-order valence-corrected chi connectivity index (χ0v) is 16.1. The van der Waals surface area contributed by atoms with Gasteiger partial charge in [0, 0.05) is 29.7 Å². The number of ether oxygens (including phenoxy) is 1. The minimum atomic E-state index is -0.424. The molecule has 1 heterocycles. The smallest absolute Gasteiger partial charge is 0.409 e. The molecule has 132 valence electrons. The maximum Gasteiger partial charge on any atom is 0.409 e. The molecule has 0 N–H and O–H groups in total. The lowest BCUT2D eigenvalue weighted by Gasteiger charge is -2.22. The van der Waals surface area contributed by atoms with E-state index in [4.69, 9.17) is 4.74 Å². The topological polar surface area (TPSA) is 49.9 Å². The summed E-state index contributed by atoms with van der Waals surface area (Å²) in [5.41, 5.74) is 0.367. The first-order chi connectivity index (χ1) is 11.4.